The summed E-state index contributed by atoms with van der Waals surface area (Å²) in [4.78, 5) is 27.8. The van der Waals surface area contributed by atoms with E-state index in [1.807, 2.05) is 0 Å². The van der Waals surface area contributed by atoms with E-state index in [1.165, 1.54) is 11.5 Å². The number of nitrogens with zero attached hydrogens (tertiary/aromatic N) is 2. The van der Waals surface area contributed by atoms with Crippen LogP contribution in [0.5, 0.6) is 0 Å². The lowest BCUT2D eigenvalue weighted by molar-refractivity contribution is -0.138. The SMILES string of the molecule is Cc1c(C(F)(F)F)cc2n1[C@@H](c1ccccc1)[C@@H]1C(=O)N(c3ccccc3)C(=O)[C@H]21. The molecular weight excluding hydrogens is 393 g/mol. The minimum atomic E-state index is -4.54. The lowest BCUT2D eigenvalue weighted by atomic mass is 9.86. The van der Waals surface area contributed by atoms with E-state index in [0.717, 1.165) is 11.0 Å². The predicted octanol–water partition coefficient (Wildman–Crippen LogP) is 4.69. The number of aromatic nitrogens is 1. The van der Waals surface area contributed by atoms with Gasteiger partial charge < -0.3 is 4.57 Å². The third kappa shape index (κ3) is 2.47. The van der Waals surface area contributed by atoms with Crippen molar-refractivity contribution in [2.75, 3.05) is 4.90 Å². The van der Waals surface area contributed by atoms with Gasteiger partial charge in [-0.3, -0.25) is 9.59 Å². The van der Waals surface area contributed by atoms with Gasteiger partial charge in [-0.15, -0.1) is 0 Å². The Kier molecular flexibility index (Phi) is 3.93. The van der Waals surface area contributed by atoms with Crippen LogP contribution >= 0.6 is 0 Å². The van der Waals surface area contributed by atoms with Crippen LogP contribution in [0.15, 0.2) is 66.7 Å². The van der Waals surface area contributed by atoms with Crippen molar-refractivity contribution in [3.63, 3.8) is 0 Å². The molecule has 1 aromatic heterocycles. The molecule has 0 aliphatic carbocycles. The van der Waals surface area contributed by atoms with Gasteiger partial charge in [0.05, 0.1) is 29.1 Å². The average molecular weight is 410 g/mol. The third-order valence-corrected chi connectivity index (χ3v) is 6.07. The molecule has 7 heteroatoms. The van der Waals surface area contributed by atoms with E-state index >= 15 is 0 Å². The molecule has 4 nitrogen and oxygen atoms in total. The summed E-state index contributed by atoms with van der Waals surface area (Å²) in [6.07, 6.45) is -4.54. The minimum Gasteiger partial charge on any atom is -0.339 e. The first-order valence-electron chi connectivity index (χ1n) is 9.57. The van der Waals surface area contributed by atoms with E-state index in [-0.39, 0.29) is 17.3 Å². The van der Waals surface area contributed by atoms with Gasteiger partial charge in [-0.1, -0.05) is 48.5 Å². The van der Waals surface area contributed by atoms with E-state index in [2.05, 4.69) is 0 Å². The zero-order valence-electron chi connectivity index (χ0n) is 15.9. The number of hydrogen-bond acceptors (Lipinski definition) is 2. The van der Waals surface area contributed by atoms with Crippen molar-refractivity contribution in [1.82, 2.24) is 4.57 Å². The molecule has 2 aliphatic heterocycles. The van der Waals surface area contributed by atoms with Gasteiger partial charge in [0.1, 0.15) is 0 Å². The molecule has 0 spiro atoms. The van der Waals surface area contributed by atoms with Crippen LogP contribution in [-0.2, 0) is 15.8 Å². The lowest BCUT2D eigenvalue weighted by Crippen LogP contribution is -2.33. The number of alkyl halides is 3. The number of hydrogen-bond donors (Lipinski definition) is 0. The molecule has 5 rings (SSSR count). The normalized spacial score (nSPS) is 23.1. The van der Waals surface area contributed by atoms with Crippen molar-refractivity contribution in [3.8, 4) is 0 Å². The van der Waals surface area contributed by atoms with E-state index in [0.29, 0.717) is 11.3 Å². The average Bonchev–Trinajstić information content (AvgIpc) is 3.32. The molecule has 0 radical (unpaired) electrons. The summed E-state index contributed by atoms with van der Waals surface area (Å²) in [5.41, 5.74) is 0.632. The second-order valence-corrected chi connectivity index (χ2v) is 7.64. The summed E-state index contributed by atoms with van der Waals surface area (Å²) in [5.74, 6) is -2.60. The summed E-state index contributed by atoms with van der Waals surface area (Å²) >= 11 is 0. The molecule has 30 heavy (non-hydrogen) atoms. The molecule has 0 unspecified atom stereocenters. The van der Waals surface area contributed by atoms with Crippen molar-refractivity contribution in [1.29, 1.82) is 0 Å². The Labute approximate surface area is 170 Å². The van der Waals surface area contributed by atoms with Gasteiger partial charge in [-0.2, -0.15) is 13.2 Å². The van der Waals surface area contributed by atoms with E-state index in [4.69, 9.17) is 0 Å². The maximum absolute atomic E-state index is 13.6. The molecular formula is C23H17F3N2O2. The number of carbonyl (C=O) groups excluding carboxylic acids is 2. The first kappa shape index (κ1) is 18.7. The van der Waals surface area contributed by atoms with Crippen molar-refractivity contribution in [2.24, 2.45) is 5.92 Å². The van der Waals surface area contributed by atoms with E-state index in [9.17, 15) is 22.8 Å². The Balaban J connectivity index is 1.72. The number of benzene rings is 2. The molecule has 2 aliphatic rings. The molecule has 0 N–H and O–H groups in total. The Morgan fingerprint density at radius 2 is 1.47 bits per heavy atom. The number of anilines is 1. The third-order valence-electron chi connectivity index (χ3n) is 6.07. The Bertz CT molecular complexity index is 1150. The highest BCUT2D eigenvalue weighted by atomic mass is 19.4. The van der Waals surface area contributed by atoms with Gasteiger partial charge in [0, 0.05) is 11.4 Å². The highest BCUT2D eigenvalue weighted by Crippen LogP contribution is 2.54. The molecule has 2 amide bonds. The van der Waals surface area contributed by atoms with E-state index < -0.39 is 35.5 Å². The second kappa shape index (κ2) is 6.32. The summed E-state index contributed by atoms with van der Waals surface area (Å²) < 4.78 is 42.4. The van der Waals surface area contributed by atoms with Crippen LogP contribution in [-0.4, -0.2) is 16.4 Å². The van der Waals surface area contributed by atoms with Gasteiger partial charge in [0.2, 0.25) is 11.8 Å². The van der Waals surface area contributed by atoms with Gasteiger partial charge >= 0.3 is 6.18 Å². The molecule has 3 atom stereocenters. The first-order valence-corrected chi connectivity index (χ1v) is 9.57. The van der Waals surface area contributed by atoms with Gasteiger partial charge in [-0.25, -0.2) is 4.90 Å². The Morgan fingerprint density at radius 1 is 0.867 bits per heavy atom. The number of fused-ring (bicyclic) bond motifs is 3. The van der Waals surface area contributed by atoms with Crippen LogP contribution in [0.3, 0.4) is 0 Å². The lowest BCUT2D eigenvalue weighted by Gasteiger charge is -2.23. The fourth-order valence-electron chi connectivity index (χ4n) is 4.86. The standard InChI is InChI=1S/C23H17F3N2O2/c1-13-16(23(24,25)26)12-17-18-19(20(27(13)17)14-8-4-2-5-9-14)22(30)28(21(18)29)15-10-6-3-7-11-15/h2-12,18-20H,1H3/t18-,19-,20+/m1/s1. The first-order chi connectivity index (χ1) is 14.3. The quantitative estimate of drug-likeness (QED) is 0.575. The molecule has 3 aromatic rings. The largest absolute Gasteiger partial charge is 0.418 e. The molecule has 2 aromatic carbocycles. The monoisotopic (exact) mass is 410 g/mol. The highest BCUT2D eigenvalue weighted by molar-refractivity contribution is 6.24. The molecule has 0 saturated carbocycles. The summed E-state index contributed by atoms with van der Waals surface area (Å²) in [6.45, 7) is 1.40. The number of para-hydroxylation sites is 1. The van der Waals surface area contributed by atoms with Crippen molar-refractivity contribution >= 4 is 17.5 Å². The van der Waals surface area contributed by atoms with Crippen LogP contribution < -0.4 is 4.90 Å². The number of imide groups is 1. The van der Waals surface area contributed by atoms with Gasteiger partial charge in [-0.05, 0) is 30.7 Å². The van der Waals surface area contributed by atoms with Crippen LogP contribution in [0, 0.1) is 12.8 Å². The van der Waals surface area contributed by atoms with Crippen molar-refractivity contribution < 1.29 is 22.8 Å². The second-order valence-electron chi connectivity index (χ2n) is 7.64. The molecule has 0 bridgehead atoms. The summed E-state index contributed by atoms with van der Waals surface area (Å²) in [5, 5.41) is 0. The fourth-order valence-corrected chi connectivity index (χ4v) is 4.86. The minimum absolute atomic E-state index is 0.0209. The topological polar surface area (TPSA) is 42.3 Å². The molecule has 1 fully saturated rings. The predicted molar refractivity (Wildman–Crippen MR) is 104 cm³/mol. The zero-order valence-corrected chi connectivity index (χ0v) is 15.9. The highest BCUT2D eigenvalue weighted by Gasteiger charge is 2.59. The summed E-state index contributed by atoms with van der Waals surface area (Å²) in [6, 6.07) is 17.8. The Morgan fingerprint density at radius 3 is 2.07 bits per heavy atom. The number of amides is 2. The number of rotatable bonds is 2. The van der Waals surface area contributed by atoms with Crippen LogP contribution in [0.1, 0.15) is 34.5 Å². The number of halogens is 3. The van der Waals surface area contributed by atoms with Crippen LogP contribution in [0.4, 0.5) is 18.9 Å². The Hall–Kier alpha value is -3.35. The molecule has 152 valence electrons. The van der Waals surface area contributed by atoms with Crippen LogP contribution in [0.25, 0.3) is 0 Å². The maximum atomic E-state index is 13.6. The summed E-state index contributed by atoms with van der Waals surface area (Å²) in [7, 11) is 0. The van der Waals surface area contributed by atoms with Gasteiger partial charge in [0.25, 0.3) is 0 Å². The fraction of sp³-hybridized carbons (Fsp3) is 0.217. The van der Waals surface area contributed by atoms with Gasteiger partial charge in [0.15, 0.2) is 0 Å². The smallest absolute Gasteiger partial charge is 0.339 e. The van der Waals surface area contributed by atoms with Crippen LogP contribution in [0.2, 0.25) is 0 Å². The maximum Gasteiger partial charge on any atom is 0.418 e. The van der Waals surface area contributed by atoms with E-state index in [1.54, 1.807) is 60.7 Å². The molecule has 3 heterocycles. The van der Waals surface area contributed by atoms with Crippen molar-refractivity contribution in [2.45, 2.75) is 25.1 Å². The molecule has 1 saturated heterocycles. The van der Waals surface area contributed by atoms with Crippen molar-refractivity contribution in [3.05, 3.63) is 89.2 Å². The number of carbonyl (C=O) groups is 2. The zero-order chi connectivity index (χ0) is 21.2.